The van der Waals surface area contributed by atoms with E-state index in [9.17, 15) is 84.2 Å². The predicted molar refractivity (Wildman–Crippen MR) is 381 cm³/mol. The highest BCUT2D eigenvalue weighted by Crippen LogP contribution is 2.27. The van der Waals surface area contributed by atoms with E-state index in [2.05, 4.69) is 21.4 Å². The molecule has 0 aliphatic carbocycles. The number of aromatic nitrogens is 3. The summed E-state index contributed by atoms with van der Waals surface area (Å²) in [7, 11) is 6.99. The fourth-order valence-electron chi connectivity index (χ4n) is 11.1. The summed E-state index contributed by atoms with van der Waals surface area (Å²) in [5.41, 5.74) is -0.689. The second-order valence-corrected chi connectivity index (χ2v) is 24.3. The minimum absolute atomic E-state index is 0.0136. The smallest absolute Gasteiger partial charge is 0.278 e. The number of hydrogen-bond acceptors (Lipinski definition) is 20. The minimum Gasteiger partial charge on any atom is -0.502 e. The van der Waals surface area contributed by atoms with Crippen molar-refractivity contribution in [3.63, 3.8) is 0 Å². The highest BCUT2D eigenvalue weighted by atomic mass is 19.2. The molecule has 6 heterocycles. The molecule has 8 amide bonds. The van der Waals surface area contributed by atoms with Gasteiger partial charge in [0, 0.05) is 128 Å². The van der Waals surface area contributed by atoms with Crippen molar-refractivity contribution in [1.29, 1.82) is 0 Å². The molecule has 3 aliphatic heterocycles. The fraction of sp³-hybridized carbons (Fsp3) is 0.284. The van der Waals surface area contributed by atoms with Crippen LogP contribution in [0.2, 0.25) is 0 Å². The van der Waals surface area contributed by atoms with Crippen molar-refractivity contribution >= 4 is 47.3 Å². The molecular weight excluding hydrogens is 1470 g/mol. The zero-order chi connectivity index (χ0) is 80.2. The molecule has 0 unspecified atom stereocenters. The van der Waals surface area contributed by atoms with E-state index in [1.165, 1.54) is 67.2 Å². The van der Waals surface area contributed by atoms with Gasteiger partial charge in [-0.15, -0.1) is 0 Å². The predicted octanol–water partition coefficient (Wildman–Crippen LogP) is 3.98. The van der Waals surface area contributed by atoms with E-state index in [4.69, 9.17) is 33.2 Å². The molecule has 31 nitrogen and oxygen atoms in total. The number of halogens is 6. The first kappa shape index (κ1) is 82.3. The van der Waals surface area contributed by atoms with Gasteiger partial charge in [-0.05, 0) is 29.3 Å². The molecule has 0 atom stereocenters. The number of nitrogens with one attached hydrogen (secondary N) is 4. The Morgan fingerprint density at radius 2 is 0.802 bits per heavy atom. The van der Waals surface area contributed by atoms with Gasteiger partial charge in [-0.2, -0.15) is 0 Å². The van der Waals surface area contributed by atoms with Crippen molar-refractivity contribution in [2.45, 2.75) is 32.8 Å². The standard InChI is InChI=1S/C28H28F2N4O7.C25H24F2N4O5.C21H22F2N4O7/c1-39-11-10-32-17-34(23(35)16-40-2)33-14-21(27(37)31-13-19-8-9-20(29)12-22(19)30)25(36)26(24(33)28(32)38)41-15-18-6-4-3-5-7-18;1-35-10-9-30-15-29-31-13-19(24(33)28-12-17-7-8-18(26)11-20(17)27)22(32)23(21(31)25(30)34)36-14-16-5-3-2-4-6-16;1-33-6-5-25-11-27(16(28)10-34-2)26-9-14(18(29)19(30)17(26)21(25)32)20(31)24-8-12-3-4-13(22)7-15(12)23/h3-9,12,14H,10-11,13,15-17H2,1-2H3,(H,31,37);2-8,11,13,29H,9-10,12,14-15H2,1H3,(H,28,33);3-4,7,9,30H,5-6,8,10-11H2,1-2H3,(H,24,31). The van der Waals surface area contributed by atoms with Crippen LogP contribution in [-0.4, -0.2) is 189 Å². The molecule has 0 spiro atoms. The van der Waals surface area contributed by atoms with Gasteiger partial charge in [-0.25, -0.2) is 45.7 Å². The molecule has 0 saturated heterocycles. The van der Waals surface area contributed by atoms with Crippen LogP contribution in [0.3, 0.4) is 0 Å². The van der Waals surface area contributed by atoms with E-state index in [-0.39, 0.29) is 145 Å². The van der Waals surface area contributed by atoms with Gasteiger partial charge >= 0.3 is 0 Å². The van der Waals surface area contributed by atoms with Gasteiger partial charge in [-0.1, -0.05) is 78.9 Å². The van der Waals surface area contributed by atoms with Crippen LogP contribution in [0.15, 0.2) is 148 Å². The Hall–Kier alpha value is -12.7. The van der Waals surface area contributed by atoms with Gasteiger partial charge in [0.05, 0.1) is 19.8 Å². The van der Waals surface area contributed by atoms with E-state index in [0.717, 1.165) is 67.7 Å². The molecular formula is C74H74F6N12O19. The fourth-order valence-corrected chi connectivity index (χ4v) is 11.1. The van der Waals surface area contributed by atoms with Crippen molar-refractivity contribution in [3.05, 3.63) is 261 Å². The lowest BCUT2D eigenvalue weighted by Gasteiger charge is -2.38. The Balaban J connectivity index is 0.000000192. The number of rotatable bonds is 28. The zero-order valence-electron chi connectivity index (χ0n) is 60.2. The number of nitrogens with zero attached hydrogens (tertiary/aromatic N) is 8. The number of methoxy groups -OCH3 is 5. The highest BCUT2D eigenvalue weighted by Gasteiger charge is 2.40. The number of carbonyl (C=O) groups excluding carboxylic acids is 8. The van der Waals surface area contributed by atoms with Gasteiger partial charge in [0.15, 0.2) is 34.3 Å². The molecule has 5 N–H and O–H groups in total. The van der Waals surface area contributed by atoms with Gasteiger partial charge < -0.3 is 74.3 Å². The van der Waals surface area contributed by atoms with Crippen LogP contribution >= 0.6 is 0 Å². The Labute approximate surface area is 627 Å². The largest absolute Gasteiger partial charge is 0.502 e. The third kappa shape index (κ3) is 20.0. The molecule has 37 heteroatoms. The first-order valence-electron chi connectivity index (χ1n) is 33.6. The number of aromatic hydroxyl groups is 1. The normalized spacial score (nSPS) is 12.8. The van der Waals surface area contributed by atoms with Gasteiger partial charge in [-0.3, -0.25) is 57.4 Å². The molecule has 0 saturated carbocycles. The SMILES string of the molecule is COCCN1CN(C(=O)COC)n2cc(C(=O)NCc3ccc(F)cc3F)c(=O)c(O)c2C1=O.COCCN1CN(C(=O)COC)n2cc(C(=O)NCc3ccc(F)cc3F)c(=O)c(OCc3ccccc3)c2C1=O.COCCN1CNn2cc(C(=O)NCc3ccc(F)cc3F)c(=O)c(OCc3ccccc3)c2C1=O. The van der Waals surface area contributed by atoms with E-state index in [0.29, 0.717) is 23.8 Å². The first-order chi connectivity index (χ1) is 53.3. The summed E-state index contributed by atoms with van der Waals surface area (Å²) in [4.78, 5) is 148. The Morgan fingerprint density at radius 3 is 1.20 bits per heavy atom. The number of benzene rings is 5. The molecule has 11 rings (SSSR count). The summed E-state index contributed by atoms with van der Waals surface area (Å²) in [6.07, 6.45) is 3.20. The van der Waals surface area contributed by atoms with E-state index in [1.807, 2.05) is 6.07 Å². The van der Waals surface area contributed by atoms with Crippen LogP contribution in [0.25, 0.3) is 0 Å². The number of pyridine rings is 3. The maximum absolute atomic E-state index is 14.1. The average Bonchev–Trinajstić information content (AvgIpc) is 0.757. The van der Waals surface area contributed by atoms with Crippen molar-refractivity contribution < 1.29 is 103 Å². The number of hydrogen-bond donors (Lipinski definition) is 5. The van der Waals surface area contributed by atoms with Crippen molar-refractivity contribution in [3.8, 4) is 17.2 Å². The van der Waals surface area contributed by atoms with Crippen molar-refractivity contribution in [2.24, 2.45) is 0 Å². The maximum Gasteiger partial charge on any atom is 0.278 e. The van der Waals surface area contributed by atoms with Crippen LogP contribution in [0.4, 0.5) is 26.3 Å². The van der Waals surface area contributed by atoms with Crippen molar-refractivity contribution in [2.75, 3.05) is 124 Å². The Kier molecular flexibility index (Phi) is 28.5. The number of fused-ring (bicyclic) bond motifs is 3. The molecule has 5 aromatic carbocycles. The summed E-state index contributed by atoms with van der Waals surface area (Å²) in [5, 5.41) is 19.9. The van der Waals surface area contributed by atoms with Gasteiger partial charge in [0.1, 0.15) is 98.0 Å². The van der Waals surface area contributed by atoms with Crippen LogP contribution in [0.1, 0.15) is 90.4 Å². The van der Waals surface area contributed by atoms with E-state index in [1.54, 1.807) is 54.6 Å². The number of carbonyl (C=O) groups is 8. The number of amides is 8. The minimum atomic E-state index is -1.16. The third-order valence-electron chi connectivity index (χ3n) is 16.9. The first-order valence-corrected chi connectivity index (χ1v) is 33.6. The molecule has 586 valence electrons. The third-order valence-corrected chi connectivity index (χ3v) is 16.9. The van der Waals surface area contributed by atoms with E-state index >= 15 is 0 Å². The second-order valence-electron chi connectivity index (χ2n) is 24.3. The molecule has 0 fully saturated rings. The average molecular weight is 1550 g/mol. The summed E-state index contributed by atoms with van der Waals surface area (Å²) in [5.74, 6) is -12.5. The highest BCUT2D eigenvalue weighted by molar-refractivity contribution is 6.03. The van der Waals surface area contributed by atoms with Crippen LogP contribution in [-0.2, 0) is 66.1 Å². The molecule has 0 bridgehead atoms. The summed E-state index contributed by atoms with van der Waals surface area (Å²) >= 11 is 0. The second kappa shape index (κ2) is 38.4. The molecule has 3 aromatic heterocycles. The molecule has 111 heavy (non-hydrogen) atoms. The monoisotopic (exact) mass is 1550 g/mol. The summed E-state index contributed by atoms with van der Waals surface area (Å²) in [6, 6.07) is 26.5. The Morgan fingerprint density at radius 1 is 0.441 bits per heavy atom. The zero-order valence-corrected chi connectivity index (χ0v) is 60.2. The quantitative estimate of drug-likeness (QED) is 0.0433. The molecule has 8 aromatic rings. The molecule has 3 aliphatic rings. The number of ether oxygens (including phenoxy) is 7. The van der Waals surface area contributed by atoms with Gasteiger partial charge in [0.2, 0.25) is 16.3 Å². The lowest BCUT2D eigenvalue weighted by molar-refractivity contribution is -0.125. The lowest BCUT2D eigenvalue weighted by Crippen LogP contribution is -2.58. The summed E-state index contributed by atoms with van der Waals surface area (Å²) < 4.78 is 121. The van der Waals surface area contributed by atoms with Crippen LogP contribution < -0.4 is 57.2 Å². The topological polar surface area (TPSA) is 352 Å². The van der Waals surface area contributed by atoms with Gasteiger partial charge in [0.25, 0.3) is 47.3 Å². The Bertz CT molecular complexity index is 4980. The van der Waals surface area contributed by atoms with Crippen LogP contribution in [0.5, 0.6) is 17.2 Å². The summed E-state index contributed by atoms with van der Waals surface area (Å²) in [6.45, 7) is -1.26. The maximum atomic E-state index is 14.1. The van der Waals surface area contributed by atoms with Crippen molar-refractivity contribution in [1.82, 2.24) is 44.7 Å². The lowest BCUT2D eigenvalue weighted by atomic mass is 10.1. The van der Waals surface area contributed by atoms with Crippen LogP contribution in [0, 0.1) is 34.9 Å². The molecule has 0 radical (unpaired) electrons. The van der Waals surface area contributed by atoms with E-state index < -0.39 is 127 Å².